The van der Waals surface area contributed by atoms with Gasteiger partial charge in [-0.15, -0.1) is 11.6 Å². The van der Waals surface area contributed by atoms with E-state index in [9.17, 15) is 0 Å². The van der Waals surface area contributed by atoms with E-state index in [0.29, 0.717) is 5.88 Å². The number of anilines is 1. The first-order valence-corrected chi connectivity index (χ1v) is 5.95. The number of fused-ring (bicyclic) bond motifs is 1. The van der Waals surface area contributed by atoms with Gasteiger partial charge in [0.05, 0.1) is 11.6 Å². The van der Waals surface area contributed by atoms with Gasteiger partial charge in [0, 0.05) is 19.0 Å². The molecule has 0 aliphatic rings. The highest BCUT2D eigenvalue weighted by molar-refractivity contribution is 6.17. The van der Waals surface area contributed by atoms with Gasteiger partial charge in [-0.3, -0.25) is 0 Å². The number of rotatable bonds is 3. The Morgan fingerprint density at radius 1 is 1.31 bits per heavy atom. The summed E-state index contributed by atoms with van der Waals surface area (Å²) >= 11 is 5.87. The summed E-state index contributed by atoms with van der Waals surface area (Å²) in [6.07, 6.45) is 0. The highest BCUT2D eigenvalue weighted by Crippen LogP contribution is 2.25. The second kappa shape index (κ2) is 4.71. The van der Waals surface area contributed by atoms with Crippen molar-refractivity contribution in [2.45, 2.75) is 12.8 Å². The lowest BCUT2D eigenvalue weighted by Crippen LogP contribution is -2.18. The van der Waals surface area contributed by atoms with E-state index in [1.165, 1.54) is 10.8 Å². The van der Waals surface area contributed by atoms with Crippen molar-refractivity contribution in [3.05, 3.63) is 36.0 Å². The lowest BCUT2D eigenvalue weighted by Gasteiger charge is -2.18. The topological polar surface area (TPSA) is 16.1 Å². The minimum Gasteiger partial charge on any atom is -0.359 e. The van der Waals surface area contributed by atoms with Crippen LogP contribution < -0.4 is 4.90 Å². The van der Waals surface area contributed by atoms with Gasteiger partial charge in [-0.05, 0) is 18.4 Å². The third kappa shape index (κ3) is 1.98. The largest absolute Gasteiger partial charge is 0.359 e. The van der Waals surface area contributed by atoms with Crippen LogP contribution in [0.3, 0.4) is 0 Å². The van der Waals surface area contributed by atoms with Gasteiger partial charge < -0.3 is 4.90 Å². The van der Waals surface area contributed by atoms with Crippen molar-refractivity contribution in [1.29, 1.82) is 0 Å². The summed E-state index contributed by atoms with van der Waals surface area (Å²) in [5.41, 5.74) is 0.927. The Morgan fingerprint density at radius 3 is 2.75 bits per heavy atom. The van der Waals surface area contributed by atoms with Crippen molar-refractivity contribution in [1.82, 2.24) is 4.98 Å². The van der Waals surface area contributed by atoms with Crippen LogP contribution >= 0.6 is 11.6 Å². The lowest BCUT2D eigenvalue weighted by molar-refractivity contribution is 0.937. The third-order valence-corrected chi connectivity index (χ3v) is 3.02. The molecule has 0 fully saturated rings. The molecule has 0 saturated carbocycles. The molecule has 1 heterocycles. The zero-order valence-electron chi connectivity index (χ0n) is 9.57. The van der Waals surface area contributed by atoms with Crippen LogP contribution in [0.25, 0.3) is 10.8 Å². The molecule has 2 aromatic rings. The van der Waals surface area contributed by atoms with Gasteiger partial charge in [-0.25, -0.2) is 4.98 Å². The molecule has 3 heteroatoms. The summed E-state index contributed by atoms with van der Waals surface area (Å²) in [6, 6.07) is 10.3. The highest BCUT2D eigenvalue weighted by atomic mass is 35.5. The average molecular weight is 235 g/mol. The fourth-order valence-corrected chi connectivity index (χ4v) is 1.88. The molecule has 1 aromatic heterocycles. The lowest BCUT2D eigenvalue weighted by atomic mass is 10.1. The van der Waals surface area contributed by atoms with Crippen molar-refractivity contribution in [3.63, 3.8) is 0 Å². The van der Waals surface area contributed by atoms with Crippen LogP contribution in [0.15, 0.2) is 30.3 Å². The predicted octanol–water partition coefficient (Wildman–Crippen LogP) is 3.43. The van der Waals surface area contributed by atoms with Crippen LogP contribution in [0, 0.1) is 0 Å². The minimum atomic E-state index is 0.454. The smallest absolute Gasteiger partial charge is 0.136 e. The number of hydrogen-bond acceptors (Lipinski definition) is 2. The van der Waals surface area contributed by atoms with Gasteiger partial charge in [0.1, 0.15) is 5.82 Å². The quantitative estimate of drug-likeness (QED) is 0.757. The monoisotopic (exact) mass is 234 g/mol. The number of hydrogen-bond donors (Lipinski definition) is 0. The standard InChI is InChI=1S/C13H15ClN2/c1-3-16(2)13-12-7-5-4-6-10(12)8-11(9-14)15-13/h4-8H,3,9H2,1-2H3. The van der Waals surface area contributed by atoms with E-state index in [1.807, 2.05) is 19.2 Å². The van der Waals surface area contributed by atoms with E-state index in [1.54, 1.807) is 0 Å². The summed E-state index contributed by atoms with van der Waals surface area (Å²) in [7, 11) is 2.05. The number of aromatic nitrogens is 1. The van der Waals surface area contributed by atoms with Crippen molar-refractivity contribution < 1.29 is 0 Å². The molecular weight excluding hydrogens is 220 g/mol. The first kappa shape index (κ1) is 11.2. The average Bonchev–Trinajstić information content (AvgIpc) is 2.36. The Balaban J connectivity index is 2.68. The maximum atomic E-state index is 5.87. The van der Waals surface area contributed by atoms with Gasteiger partial charge in [-0.2, -0.15) is 0 Å². The third-order valence-electron chi connectivity index (χ3n) is 2.75. The summed E-state index contributed by atoms with van der Waals surface area (Å²) in [5.74, 6) is 1.46. The molecule has 0 spiro atoms. The molecule has 0 amide bonds. The fraction of sp³-hybridized carbons (Fsp3) is 0.308. The Morgan fingerprint density at radius 2 is 2.06 bits per heavy atom. The van der Waals surface area contributed by atoms with Crippen molar-refractivity contribution in [2.24, 2.45) is 0 Å². The van der Waals surface area contributed by atoms with E-state index in [-0.39, 0.29) is 0 Å². The van der Waals surface area contributed by atoms with Crippen molar-refractivity contribution in [3.8, 4) is 0 Å². The molecule has 0 aliphatic heterocycles. The second-order valence-electron chi connectivity index (χ2n) is 3.81. The maximum absolute atomic E-state index is 5.87. The Labute approximate surface area is 101 Å². The SMILES string of the molecule is CCN(C)c1nc(CCl)cc2ccccc12. The molecule has 0 bridgehead atoms. The number of halogens is 1. The van der Waals surface area contributed by atoms with Crippen LogP contribution in [0.5, 0.6) is 0 Å². The van der Waals surface area contributed by atoms with Gasteiger partial charge >= 0.3 is 0 Å². The van der Waals surface area contributed by atoms with Gasteiger partial charge in [0.25, 0.3) is 0 Å². The highest BCUT2D eigenvalue weighted by Gasteiger charge is 2.08. The number of pyridine rings is 1. The van der Waals surface area contributed by atoms with E-state index >= 15 is 0 Å². The molecule has 2 nitrogen and oxygen atoms in total. The fourth-order valence-electron chi connectivity index (χ4n) is 1.74. The molecule has 1 aromatic carbocycles. The molecule has 0 saturated heterocycles. The van der Waals surface area contributed by atoms with Crippen LogP contribution in [0.2, 0.25) is 0 Å². The van der Waals surface area contributed by atoms with Crippen molar-refractivity contribution >= 4 is 28.2 Å². The molecule has 2 rings (SSSR count). The number of benzene rings is 1. The van der Waals surface area contributed by atoms with Gasteiger partial charge in [0.2, 0.25) is 0 Å². The Hall–Kier alpha value is -1.28. The normalized spacial score (nSPS) is 10.7. The van der Waals surface area contributed by atoms with Crippen LogP contribution in [0.1, 0.15) is 12.6 Å². The van der Waals surface area contributed by atoms with Crippen LogP contribution in [-0.4, -0.2) is 18.6 Å². The van der Waals surface area contributed by atoms with E-state index in [2.05, 4.69) is 35.0 Å². The van der Waals surface area contributed by atoms with E-state index in [4.69, 9.17) is 11.6 Å². The summed E-state index contributed by atoms with van der Waals surface area (Å²) in [6.45, 7) is 3.05. The molecule has 0 aliphatic carbocycles. The summed E-state index contributed by atoms with van der Waals surface area (Å²) in [4.78, 5) is 6.72. The van der Waals surface area contributed by atoms with Crippen LogP contribution in [-0.2, 0) is 5.88 Å². The Bertz CT molecular complexity index is 496. The summed E-state index contributed by atoms with van der Waals surface area (Å²) in [5, 5.41) is 2.38. The first-order valence-electron chi connectivity index (χ1n) is 5.42. The van der Waals surface area contributed by atoms with Crippen molar-refractivity contribution in [2.75, 3.05) is 18.5 Å². The minimum absolute atomic E-state index is 0.454. The molecular formula is C13H15ClN2. The van der Waals surface area contributed by atoms with Gasteiger partial charge in [0.15, 0.2) is 0 Å². The van der Waals surface area contributed by atoms with Gasteiger partial charge in [-0.1, -0.05) is 24.3 Å². The molecule has 84 valence electrons. The Kier molecular flexibility index (Phi) is 3.30. The predicted molar refractivity (Wildman–Crippen MR) is 70.2 cm³/mol. The molecule has 0 radical (unpaired) electrons. The number of nitrogens with zero attached hydrogens (tertiary/aromatic N) is 2. The second-order valence-corrected chi connectivity index (χ2v) is 4.07. The molecule has 16 heavy (non-hydrogen) atoms. The molecule has 0 atom stereocenters. The van der Waals surface area contributed by atoms with E-state index in [0.717, 1.165) is 18.1 Å². The zero-order valence-corrected chi connectivity index (χ0v) is 10.3. The number of alkyl halides is 1. The summed E-state index contributed by atoms with van der Waals surface area (Å²) < 4.78 is 0. The zero-order chi connectivity index (χ0) is 11.5. The van der Waals surface area contributed by atoms with Crippen LogP contribution in [0.4, 0.5) is 5.82 Å². The first-order chi connectivity index (χ1) is 7.76. The van der Waals surface area contributed by atoms with E-state index < -0.39 is 0 Å². The maximum Gasteiger partial charge on any atom is 0.136 e. The molecule has 0 unspecified atom stereocenters. The molecule has 0 N–H and O–H groups in total.